The minimum Gasteiger partial charge on any atom is -0.427 e. The van der Waals surface area contributed by atoms with Crippen LogP contribution in [0, 0.1) is 11.8 Å². The molecule has 10 heteroatoms. The first-order valence-corrected chi connectivity index (χ1v) is 11.6. The molecular formula is C17H37BN4O4S. The molecule has 2 heterocycles. The molecule has 0 aromatic carbocycles. The Kier molecular flexibility index (Phi) is 8.13. The summed E-state index contributed by atoms with van der Waals surface area (Å²) in [6.45, 7) is 8.82. The minimum atomic E-state index is -3.59. The highest BCUT2D eigenvalue weighted by atomic mass is 32.2. The minimum absolute atomic E-state index is 0.0106. The van der Waals surface area contributed by atoms with E-state index in [1.54, 1.807) is 8.61 Å². The Morgan fingerprint density at radius 2 is 2.11 bits per heavy atom. The molecular weight excluding hydrogens is 367 g/mol. The van der Waals surface area contributed by atoms with Gasteiger partial charge in [-0.3, -0.25) is 0 Å². The number of piperidine rings is 1. The van der Waals surface area contributed by atoms with E-state index in [1.807, 2.05) is 20.8 Å². The summed E-state index contributed by atoms with van der Waals surface area (Å²) in [5.41, 5.74) is 5.83. The van der Waals surface area contributed by atoms with Crippen molar-refractivity contribution in [3.63, 3.8) is 0 Å². The highest BCUT2D eigenvalue weighted by Gasteiger charge is 2.47. The Bertz CT molecular complexity index is 567. The van der Waals surface area contributed by atoms with E-state index >= 15 is 0 Å². The monoisotopic (exact) mass is 404 g/mol. The molecule has 2 aliphatic rings. The molecule has 2 aliphatic heterocycles. The quantitative estimate of drug-likeness (QED) is 0.397. The van der Waals surface area contributed by atoms with Crippen LogP contribution in [-0.4, -0.2) is 78.5 Å². The maximum Gasteiger partial charge on any atom is 0.451 e. The van der Waals surface area contributed by atoms with Gasteiger partial charge in [0.1, 0.15) is 0 Å². The molecule has 0 aliphatic carbocycles. The number of hydrogen-bond acceptors (Lipinski definition) is 6. The largest absolute Gasteiger partial charge is 0.451 e. The highest BCUT2D eigenvalue weighted by molar-refractivity contribution is 7.86. The van der Waals surface area contributed by atoms with Crippen LogP contribution in [0.25, 0.3) is 0 Å². The van der Waals surface area contributed by atoms with Crippen LogP contribution in [0.15, 0.2) is 0 Å². The lowest BCUT2D eigenvalue weighted by Crippen LogP contribution is -2.54. The molecule has 0 amide bonds. The van der Waals surface area contributed by atoms with Crippen molar-refractivity contribution < 1.29 is 18.5 Å². The second kappa shape index (κ2) is 9.52. The van der Waals surface area contributed by atoms with Gasteiger partial charge in [0, 0.05) is 37.8 Å². The van der Waals surface area contributed by atoms with Crippen LogP contribution in [0.5, 0.6) is 0 Å². The van der Waals surface area contributed by atoms with Gasteiger partial charge in [-0.25, -0.2) is 0 Å². The summed E-state index contributed by atoms with van der Waals surface area (Å²) in [5.74, 6) is 0.256. The molecule has 2 fully saturated rings. The molecule has 8 nitrogen and oxygen atoms in total. The number of hydrogen-bond donors (Lipinski definition) is 4. The Balaban J connectivity index is 2.12. The fourth-order valence-electron chi connectivity index (χ4n) is 4.19. The fraction of sp³-hybridized carbons (Fsp3) is 1.00. The van der Waals surface area contributed by atoms with Crippen molar-refractivity contribution in [2.24, 2.45) is 17.6 Å². The summed E-state index contributed by atoms with van der Waals surface area (Å²) in [7, 11) is -4.92. The lowest BCUT2D eigenvalue weighted by atomic mass is 9.79. The standard InChI is InChI=1S/C17H37BN4O4S/c1-14(2)11-22(16-7-5-9-20-10-16)27(25,26)21-12-15(17(3,19)13-21)6-4-8-18(23)24/h14-16,20,23-24H,4-13,19H2,1-3H3/t15-,16?,17-/m0/s1. The third-order valence-electron chi connectivity index (χ3n) is 5.73. The van der Waals surface area contributed by atoms with Crippen LogP contribution in [0.2, 0.25) is 6.32 Å². The number of nitrogens with two attached hydrogens (primary N) is 1. The molecule has 1 unspecified atom stereocenters. The van der Waals surface area contributed by atoms with Gasteiger partial charge >= 0.3 is 7.12 Å². The summed E-state index contributed by atoms with van der Waals surface area (Å²) in [5, 5.41) is 21.4. The van der Waals surface area contributed by atoms with Crippen LogP contribution < -0.4 is 11.1 Å². The third kappa shape index (κ3) is 6.12. The zero-order valence-electron chi connectivity index (χ0n) is 17.0. The van der Waals surface area contributed by atoms with E-state index in [9.17, 15) is 8.42 Å². The summed E-state index contributed by atoms with van der Waals surface area (Å²) < 4.78 is 30.2. The van der Waals surface area contributed by atoms with Gasteiger partial charge in [0.25, 0.3) is 10.2 Å². The topological polar surface area (TPSA) is 119 Å². The van der Waals surface area contributed by atoms with Crippen LogP contribution in [0.1, 0.15) is 46.5 Å². The molecule has 0 spiro atoms. The summed E-state index contributed by atoms with van der Waals surface area (Å²) in [6.07, 6.45) is 3.45. The average molecular weight is 404 g/mol. The zero-order chi connectivity index (χ0) is 20.2. The first-order chi connectivity index (χ1) is 12.5. The van der Waals surface area contributed by atoms with Gasteiger partial charge in [0.05, 0.1) is 0 Å². The van der Waals surface area contributed by atoms with Crippen molar-refractivity contribution >= 4 is 17.3 Å². The normalized spacial score (nSPS) is 30.4. The first-order valence-electron chi connectivity index (χ1n) is 10.2. The zero-order valence-corrected chi connectivity index (χ0v) is 17.8. The molecule has 0 aromatic heterocycles. The maximum absolute atomic E-state index is 13.5. The lowest BCUT2D eigenvalue weighted by molar-refractivity contribution is 0.230. The van der Waals surface area contributed by atoms with E-state index in [4.69, 9.17) is 15.8 Å². The SMILES string of the molecule is CC(C)CN(C1CCCNC1)S(=O)(=O)N1C[C@H](CCCB(O)O)[C@@](C)(N)C1. The molecule has 2 rings (SSSR count). The van der Waals surface area contributed by atoms with Crippen LogP contribution in [0.4, 0.5) is 0 Å². The van der Waals surface area contributed by atoms with E-state index in [1.165, 1.54) is 0 Å². The van der Waals surface area contributed by atoms with Crippen LogP contribution in [0.3, 0.4) is 0 Å². The van der Waals surface area contributed by atoms with E-state index in [-0.39, 0.29) is 24.2 Å². The van der Waals surface area contributed by atoms with E-state index < -0.39 is 22.9 Å². The average Bonchev–Trinajstić information content (AvgIpc) is 2.88. The van der Waals surface area contributed by atoms with Crippen molar-refractivity contribution in [2.45, 2.75) is 64.4 Å². The molecule has 2 saturated heterocycles. The number of rotatable bonds is 9. The summed E-state index contributed by atoms with van der Waals surface area (Å²) >= 11 is 0. The molecule has 158 valence electrons. The highest BCUT2D eigenvalue weighted by Crippen LogP contribution is 2.33. The van der Waals surface area contributed by atoms with Gasteiger partial charge in [-0.2, -0.15) is 17.0 Å². The molecule has 27 heavy (non-hydrogen) atoms. The Morgan fingerprint density at radius 1 is 1.41 bits per heavy atom. The molecule has 0 saturated carbocycles. The van der Waals surface area contributed by atoms with Crippen molar-refractivity contribution in [1.29, 1.82) is 0 Å². The molecule has 0 bridgehead atoms. The Labute approximate surface area is 164 Å². The van der Waals surface area contributed by atoms with Crippen LogP contribution >= 0.6 is 0 Å². The van der Waals surface area contributed by atoms with E-state index in [0.717, 1.165) is 19.4 Å². The number of nitrogens with zero attached hydrogens (tertiary/aromatic N) is 2. The lowest BCUT2D eigenvalue weighted by Gasteiger charge is -2.37. The van der Waals surface area contributed by atoms with Gasteiger partial charge in [0.15, 0.2) is 0 Å². The second-order valence-corrected chi connectivity index (χ2v) is 10.8. The summed E-state index contributed by atoms with van der Waals surface area (Å²) in [4.78, 5) is 0. The number of nitrogens with one attached hydrogen (secondary N) is 1. The van der Waals surface area contributed by atoms with Crippen molar-refractivity contribution in [2.75, 3.05) is 32.7 Å². The van der Waals surface area contributed by atoms with Gasteiger partial charge < -0.3 is 21.1 Å². The van der Waals surface area contributed by atoms with Crippen LogP contribution in [-0.2, 0) is 10.2 Å². The molecule has 3 atom stereocenters. The van der Waals surface area contributed by atoms with Gasteiger partial charge in [-0.05, 0) is 50.9 Å². The smallest absolute Gasteiger partial charge is 0.427 e. The molecule has 0 radical (unpaired) electrons. The molecule has 5 N–H and O–H groups in total. The Hall–Kier alpha value is -0.225. The van der Waals surface area contributed by atoms with Gasteiger partial charge in [-0.1, -0.05) is 20.3 Å². The van der Waals surface area contributed by atoms with Crippen molar-refractivity contribution in [1.82, 2.24) is 13.9 Å². The Morgan fingerprint density at radius 3 is 2.67 bits per heavy atom. The fourth-order valence-corrected chi connectivity index (χ4v) is 6.34. The molecule has 0 aromatic rings. The van der Waals surface area contributed by atoms with Crippen molar-refractivity contribution in [3.8, 4) is 0 Å². The van der Waals surface area contributed by atoms with Gasteiger partial charge in [-0.15, -0.1) is 0 Å². The predicted molar refractivity (Wildman–Crippen MR) is 108 cm³/mol. The van der Waals surface area contributed by atoms with E-state index in [2.05, 4.69) is 5.32 Å². The van der Waals surface area contributed by atoms with E-state index in [0.29, 0.717) is 39.0 Å². The third-order valence-corrected chi connectivity index (χ3v) is 7.71. The summed E-state index contributed by atoms with van der Waals surface area (Å²) in [6, 6.07) is -0.0150. The van der Waals surface area contributed by atoms with Crippen molar-refractivity contribution in [3.05, 3.63) is 0 Å². The second-order valence-electron chi connectivity index (χ2n) is 8.88. The first kappa shape index (κ1) is 23.1. The predicted octanol–water partition coefficient (Wildman–Crippen LogP) is -0.157. The van der Waals surface area contributed by atoms with Gasteiger partial charge in [0.2, 0.25) is 0 Å². The maximum atomic E-state index is 13.5.